The van der Waals surface area contributed by atoms with Gasteiger partial charge in [-0.25, -0.2) is 0 Å². The van der Waals surface area contributed by atoms with E-state index in [0.717, 1.165) is 6.54 Å². The summed E-state index contributed by atoms with van der Waals surface area (Å²) in [7, 11) is 4.31. The fraction of sp³-hybridized carbons (Fsp3) is 0.643. The Kier molecular flexibility index (Phi) is 4.51. The Balaban J connectivity index is 1.96. The highest BCUT2D eigenvalue weighted by atomic mass is 15.2. The molecule has 1 N–H and O–H groups in total. The zero-order valence-electron chi connectivity index (χ0n) is 10.9. The number of nitrogens with one attached hydrogen (secondary N) is 1. The Bertz CT molecular complexity index is 325. The van der Waals surface area contributed by atoms with Crippen LogP contribution in [0.3, 0.4) is 0 Å². The van der Waals surface area contributed by atoms with Gasteiger partial charge < -0.3 is 5.32 Å². The molecule has 2 atom stereocenters. The first-order valence-corrected chi connectivity index (χ1v) is 6.57. The first kappa shape index (κ1) is 12.5. The third kappa shape index (κ3) is 3.27. The number of pyridine rings is 1. The minimum Gasteiger partial charge on any atom is -0.315 e. The maximum Gasteiger partial charge on any atom is 0.0312 e. The summed E-state index contributed by atoms with van der Waals surface area (Å²) in [6.07, 6.45) is 9.14. The van der Waals surface area contributed by atoms with Gasteiger partial charge in [0.05, 0.1) is 0 Å². The fourth-order valence-corrected chi connectivity index (χ4v) is 2.87. The van der Waals surface area contributed by atoms with Crippen LogP contribution in [0.25, 0.3) is 0 Å². The molecule has 1 fully saturated rings. The first-order chi connectivity index (χ1) is 8.31. The van der Waals surface area contributed by atoms with Crippen LogP contribution in [0.15, 0.2) is 24.5 Å². The molecule has 2 rings (SSSR count). The molecule has 3 heteroatoms. The van der Waals surface area contributed by atoms with E-state index in [0.29, 0.717) is 12.1 Å². The second-order valence-corrected chi connectivity index (χ2v) is 5.02. The molecule has 0 bridgehead atoms. The van der Waals surface area contributed by atoms with E-state index < -0.39 is 0 Å². The lowest BCUT2D eigenvalue weighted by Crippen LogP contribution is -2.49. The minimum absolute atomic E-state index is 0.644. The summed E-state index contributed by atoms with van der Waals surface area (Å²) in [6.45, 7) is 0.997. The lowest BCUT2D eigenvalue weighted by molar-refractivity contribution is 0.147. The topological polar surface area (TPSA) is 28.2 Å². The van der Waals surface area contributed by atoms with Crippen LogP contribution in [0.1, 0.15) is 31.2 Å². The molecule has 1 aliphatic carbocycles. The van der Waals surface area contributed by atoms with Crippen molar-refractivity contribution in [3.05, 3.63) is 30.1 Å². The molecule has 0 spiro atoms. The van der Waals surface area contributed by atoms with Crippen molar-refractivity contribution in [2.45, 2.75) is 44.3 Å². The van der Waals surface area contributed by atoms with E-state index in [9.17, 15) is 0 Å². The molecule has 0 saturated heterocycles. The summed E-state index contributed by atoms with van der Waals surface area (Å²) in [5.41, 5.74) is 1.30. The molecule has 0 aliphatic heterocycles. The highest BCUT2D eigenvalue weighted by molar-refractivity contribution is 5.08. The molecular formula is C14H23N3. The number of rotatable bonds is 4. The third-order valence-corrected chi connectivity index (χ3v) is 3.82. The monoisotopic (exact) mass is 233 g/mol. The van der Waals surface area contributed by atoms with Crippen LogP contribution in [0.4, 0.5) is 0 Å². The van der Waals surface area contributed by atoms with E-state index in [4.69, 9.17) is 0 Å². The molecule has 2 unspecified atom stereocenters. The van der Waals surface area contributed by atoms with Gasteiger partial charge in [-0.1, -0.05) is 18.9 Å². The summed E-state index contributed by atoms with van der Waals surface area (Å²) < 4.78 is 0. The average Bonchev–Trinajstić information content (AvgIpc) is 2.40. The smallest absolute Gasteiger partial charge is 0.0312 e. The molecule has 1 aromatic heterocycles. The van der Waals surface area contributed by atoms with Crippen molar-refractivity contribution in [1.82, 2.24) is 15.2 Å². The van der Waals surface area contributed by atoms with Crippen LogP contribution in [-0.2, 0) is 6.54 Å². The molecule has 94 valence electrons. The third-order valence-electron chi connectivity index (χ3n) is 3.82. The van der Waals surface area contributed by atoms with Crippen LogP contribution >= 0.6 is 0 Å². The van der Waals surface area contributed by atoms with E-state index in [1.54, 1.807) is 0 Å². The van der Waals surface area contributed by atoms with E-state index in [1.165, 1.54) is 31.2 Å². The van der Waals surface area contributed by atoms with E-state index in [2.05, 4.69) is 35.4 Å². The van der Waals surface area contributed by atoms with Crippen molar-refractivity contribution in [2.75, 3.05) is 14.1 Å². The number of nitrogens with zero attached hydrogens (tertiary/aromatic N) is 2. The van der Waals surface area contributed by atoms with E-state index >= 15 is 0 Å². The average molecular weight is 233 g/mol. The first-order valence-electron chi connectivity index (χ1n) is 6.57. The SMILES string of the molecule is CNC1CCCCC1N(C)Cc1cccnc1. The lowest BCUT2D eigenvalue weighted by atomic mass is 9.89. The molecule has 3 nitrogen and oxygen atoms in total. The fourth-order valence-electron chi connectivity index (χ4n) is 2.87. The summed E-state index contributed by atoms with van der Waals surface area (Å²) >= 11 is 0. The zero-order valence-corrected chi connectivity index (χ0v) is 10.9. The quantitative estimate of drug-likeness (QED) is 0.862. The Labute approximate surface area is 104 Å². The van der Waals surface area contributed by atoms with Crippen molar-refractivity contribution in [3.8, 4) is 0 Å². The minimum atomic E-state index is 0.644. The Morgan fingerprint density at radius 2 is 2.24 bits per heavy atom. The molecule has 17 heavy (non-hydrogen) atoms. The normalized spacial score (nSPS) is 25.1. The van der Waals surface area contributed by atoms with Gasteiger partial charge in [0.1, 0.15) is 0 Å². The van der Waals surface area contributed by atoms with Gasteiger partial charge in [-0.2, -0.15) is 0 Å². The van der Waals surface area contributed by atoms with Gasteiger partial charge >= 0.3 is 0 Å². The summed E-state index contributed by atoms with van der Waals surface area (Å²) in [4.78, 5) is 6.65. The molecular weight excluding hydrogens is 210 g/mol. The van der Waals surface area contributed by atoms with Crippen molar-refractivity contribution in [3.63, 3.8) is 0 Å². The Morgan fingerprint density at radius 1 is 1.41 bits per heavy atom. The standard InChI is InChI=1S/C14H23N3/c1-15-13-7-3-4-8-14(13)17(2)11-12-6-5-9-16-10-12/h5-6,9-10,13-15H,3-4,7-8,11H2,1-2H3. The highest BCUT2D eigenvalue weighted by Gasteiger charge is 2.26. The van der Waals surface area contributed by atoms with Crippen molar-refractivity contribution < 1.29 is 0 Å². The summed E-state index contributed by atoms with van der Waals surface area (Å²) in [5, 5.41) is 3.46. The van der Waals surface area contributed by atoms with Crippen LogP contribution in [0.5, 0.6) is 0 Å². The van der Waals surface area contributed by atoms with Crippen molar-refractivity contribution >= 4 is 0 Å². The van der Waals surface area contributed by atoms with Gasteiger partial charge in [0.25, 0.3) is 0 Å². The highest BCUT2D eigenvalue weighted by Crippen LogP contribution is 2.23. The molecule has 1 aliphatic rings. The van der Waals surface area contributed by atoms with Crippen LogP contribution in [0, 0.1) is 0 Å². The van der Waals surface area contributed by atoms with E-state index in [1.807, 2.05) is 18.5 Å². The molecule has 0 radical (unpaired) electrons. The summed E-state index contributed by atoms with van der Waals surface area (Å²) in [6, 6.07) is 5.47. The Morgan fingerprint density at radius 3 is 2.94 bits per heavy atom. The largest absolute Gasteiger partial charge is 0.315 e. The van der Waals surface area contributed by atoms with Crippen molar-refractivity contribution in [1.29, 1.82) is 0 Å². The second kappa shape index (κ2) is 6.12. The molecule has 1 aromatic rings. The van der Waals surface area contributed by atoms with Crippen LogP contribution < -0.4 is 5.32 Å². The van der Waals surface area contributed by atoms with Gasteiger partial charge in [0, 0.05) is 31.0 Å². The number of aromatic nitrogens is 1. The van der Waals surface area contributed by atoms with Gasteiger partial charge in [0.15, 0.2) is 0 Å². The predicted octanol–water partition coefficient (Wildman–Crippen LogP) is 2.04. The number of likely N-dealkylation sites (N-methyl/N-ethyl adjacent to an activating group) is 2. The molecule has 0 amide bonds. The maximum absolute atomic E-state index is 4.18. The summed E-state index contributed by atoms with van der Waals surface area (Å²) in [5.74, 6) is 0. The van der Waals surface area contributed by atoms with Crippen LogP contribution in [-0.4, -0.2) is 36.1 Å². The number of hydrogen-bond donors (Lipinski definition) is 1. The van der Waals surface area contributed by atoms with Gasteiger partial charge in [0.2, 0.25) is 0 Å². The Hall–Kier alpha value is -0.930. The lowest BCUT2D eigenvalue weighted by Gasteiger charge is -2.38. The number of hydrogen-bond acceptors (Lipinski definition) is 3. The second-order valence-electron chi connectivity index (χ2n) is 5.02. The van der Waals surface area contributed by atoms with Gasteiger partial charge in [-0.15, -0.1) is 0 Å². The van der Waals surface area contributed by atoms with Crippen LogP contribution in [0.2, 0.25) is 0 Å². The maximum atomic E-state index is 4.18. The predicted molar refractivity (Wildman–Crippen MR) is 70.8 cm³/mol. The van der Waals surface area contributed by atoms with E-state index in [-0.39, 0.29) is 0 Å². The van der Waals surface area contributed by atoms with Crippen molar-refractivity contribution in [2.24, 2.45) is 0 Å². The van der Waals surface area contributed by atoms with Gasteiger partial charge in [-0.3, -0.25) is 9.88 Å². The molecule has 0 aromatic carbocycles. The molecule has 1 saturated carbocycles. The molecule has 1 heterocycles. The zero-order chi connectivity index (χ0) is 12.1. The van der Waals surface area contributed by atoms with Gasteiger partial charge in [-0.05, 0) is 38.6 Å².